The van der Waals surface area contributed by atoms with Gasteiger partial charge in [0.2, 0.25) is 5.28 Å². The SMILES string of the molecule is Cc1cc(-c2ccncc2F)nc(Cl)n1. The van der Waals surface area contributed by atoms with E-state index in [1.165, 1.54) is 6.20 Å². The van der Waals surface area contributed by atoms with Gasteiger partial charge in [-0.2, -0.15) is 0 Å². The fourth-order valence-corrected chi connectivity index (χ4v) is 1.48. The van der Waals surface area contributed by atoms with Crippen molar-refractivity contribution in [3.05, 3.63) is 41.3 Å². The zero-order valence-electron chi connectivity index (χ0n) is 7.91. The fraction of sp³-hybridized carbons (Fsp3) is 0.100. The molecule has 0 amide bonds. The quantitative estimate of drug-likeness (QED) is 0.698. The van der Waals surface area contributed by atoms with Crippen molar-refractivity contribution in [3.8, 4) is 11.3 Å². The smallest absolute Gasteiger partial charge is 0.223 e. The molecule has 0 bridgehead atoms. The maximum absolute atomic E-state index is 13.4. The average molecular weight is 224 g/mol. The second-order valence-corrected chi connectivity index (χ2v) is 3.36. The van der Waals surface area contributed by atoms with Gasteiger partial charge in [-0.25, -0.2) is 14.4 Å². The Balaban J connectivity index is 2.59. The molecule has 15 heavy (non-hydrogen) atoms. The van der Waals surface area contributed by atoms with Crippen molar-refractivity contribution in [2.75, 3.05) is 0 Å². The molecule has 2 heterocycles. The Kier molecular flexibility index (Phi) is 2.60. The summed E-state index contributed by atoms with van der Waals surface area (Å²) in [5, 5.41) is 0.112. The maximum atomic E-state index is 13.4. The van der Waals surface area contributed by atoms with Crippen molar-refractivity contribution in [2.45, 2.75) is 6.92 Å². The van der Waals surface area contributed by atoms with Gasteiger partial charge in [0.25, 0.3) is 0 Å². The predicted molar refractivity (Wildman–Crippen MR) is 55.0 cm³/mol. The van der Waals surface area contributed by atoms with Crippen LogP contribution < -0.4 is 0 Å². The molecular formula is C10H7ClFN3. The molecule has 0 aromatic carbocycles. The van der Waals surface area contributed by atoms with Crippen molar-refractivity contribution in [1.82, 2.24) is 15.0 Å². The van der Waals surface area contributed by atoms with Crippen molar-refractivity contribution in [1.29, 1.82) is 0 Å². The van der Waals surface area contributed by atoms with E-state index >= 15 is 0 Å². The topological polar surface area (TPSA) is 38.7 Å². The molecule has 0 aliphatic rings. The van der Waals surface area contributed by atoms with Gasteiger partial charge in [0, 0.05) is 17.5 Å². The molecule has 0 unspecified atom stereocenters. The number of hydrogen-bond donors (Lipinski definition) is 0. The van der Waals surface area contributed by atoms with E-state index in [-0.39, 0.29) is 5.28 Å². The minimum absolute atomic E-state index is 0.112. The summed E-state index contributed by atoms with van der Waals surface area (Å²) >= 11 is 5.69. The number of pyridine rings is 1. The lowest BCUT2D eigenvalue weighted by Crippen LogP contribution is -1.93. The zero-order valence-corrected chi connectivity index (χ0v) is 8.66. The third-order valence-electron chi connectivity index (χ3n) is 1.88. The zero-order chi connectivity index (χ0) is 10.8. The third-order valence-corrected chi connectivity index (χ3v) is 2.04. The first-order valence-electron chi connectivity index (χ1n) is 4.28. The highest BCUT2D eigenvalue weighted by Gasteiger charge is 2.07. The first-order chi connectivity index (χ1) is 7.16. The Bertz CT molecular complexity index is 482. The summed E-state index contributed by atoms with van der Waals surface area (Å²) in [6, 6.07) is 3.22. The van der Waals surface area contributed by atoms with E-state index in [2.05, 4.69) is 15.0 Å². The van der Waals surface area contributed by atoms with Crippen molar-refractivity contribution >= 4 is 11.6 Å². The van der Waals surface area contributed by atoms with Gasteiger partial charge in [-0.3, -0.25) is 4.98 Å². The molecule has 2 rings (SSSR count). The second kappa shape index (κ2) is 3.90. The molecule has 0 aliphatic heterocycles. The Morgan fingerprint density at radius 2 is 2.13 bits per heavy atom. The highest BCUT2D eigenvalue weighted by atomic mass is 35.5. The molecular weight excluding hydrogens is 217 g/mol. The van der Waals surface area contributed by atoms with Crippen LogP contribution in [0.4, 0.5) is 4.39 Å². The highest BCUT2D eigenvalue weighted by Crippen LogP contribution is 2.21. The molecule has 5 heteroatoms. The van der Waals surface area contributed by atoms with Gasteiger partial charge in [0.15, 0.2) is 5.82 Å². The second-order valence-electron chi connectivity index (χ2n) is 3.02. The van der Waals surface area contributed by atoms with E-state index in [1.54, 1.807) is 19.1 Å². The van der Waals surface area contributed by atoms with Crippen LogP contribution in [-0.2, 0) is 0 Å². The Hall–Kier alpha value is -1.55. The first kappa shape index (κ1) is 9.98. The normalized spacial score (nSPS) is 10.3. The molecule has 3 nitrogen and oxygen atoms in total. The molecule has 2 aromatic heterocycles. The van der Waals surface area contributed by atoms with Crippen LogP contribution in [0, 0.1) is 12.7 Å². The lowest BCUT2D eigenvalue weighted by Gasteiger charge is -2.03. The molecule has 0 saturated carbocycles. The van der Waals surface area contributed by atoms with E-state index in [0.29, 0.717) is 17.0 Å². The summed E-state index contributed by atoms with van der Waals surface area (Å²) in [6.45, 7) is 1.77. The summed E-state index contributed by atoms with van der Waals surface area (Å²) in [5.74, 6) is -0.424. The predicted octanol–water partition coefficient (Wildman–Crippen LogP) is 2.64. The number of aromatic nitrogens is 3. The number of nitrogens with zero attached hydrogens (tertiary/aromatic N) is 3. The van der Waals surface area contributed by atoms with E-state index in [0.717, 1.165) is 6.20 Å². The standard InChI is InChI=1S/C10H7ClFN3/c1-6-4-9(15-10(11)14-6)7-2-3-13-5-8(7)12/h2-5H,1H3. The van der Waals surface area contributed by atoms with Crippen molar-refractivity contribution in [3.63, 3.8) is 0 Å². The Labute approximate surface area is 91.0 Å². The van der Waals surface area contributed by atoms with Crippen LogP contribution in [0.5, 0.6) is 0 Å². The third kappa shape index (κ3) is 2.10. The van der Waals surface area contributed by atoms with E-state index in [4.69, 9.17) is 11.6 Å². The number of rotatable bonds is 1. The monoisotopic (exact) mass is 223 g/mol. The Morgan fingerprint density at radius 3 is 2.80 bits per heavy atom. The van der Waals surface area contributed by atoms with E-state index < -0.39 is 5.82 Å². The first-order valence-corrected chi connectivity index (χ1v) is 4.65. The van der Waals surface area contributed by atoms with Crippen LogP contribution in [0.15, 0.2) is 24.5 Å². The molecule has 0 atom stereocenters. The summed E-state index contributed by atoms with van der Waals surface area (Å²) in [7, 11) is 0. The number of aryl methyl sites for hydroxylation is 1. The van der Waals surface area contributed by atoms with Crippen LogP contribution in [0.25, 0.3) is 11.3 Å². The molecule has 2 aromatic rings. The summed E-state index contributed by atoms with van der Waals surface area (Å²) in [6.07, 6.45) is 2.64. The Morgan fingerprint density at radius 1 is 1.33 bits per heavy atom. The van der Waals surface area contributed by atoms with Gasteiger partial charge in [-0.1, -0.05) is 0 Å². The molecule has 76 valence electrons. The van der Waals surface area contributed by atoms with Gasteiger partial charge in [0.05, 0.1) is 11.9 Å². The molecule has 0 N–H and O–H groups in total. The minimum atomic E-state index is -0.424. The van der Waals surface area contributed by atoms with Crippen LogP contribution in [0.1, 0.15) is 5.69 Å². The van der Waals surface area contributed by atoms with Crippen molar-refractivity contribution < 1.29 is 4.39 Å². The molecule has 0 fully saturated rings. The number of hydrogen-bond acceptors (Lipinski definition) is 3. The molecule has 0 aliphatic carbocycles. The summed E-state index contributed by atoms with van der Waals surface area (Å²) in [4.78, 5) is 11.5. The maximum Gasteiger partial charge on any atom is 0.223 e. The van der Waals surface area contributed by atoms with E-state index in [9.17, 15) is 4.39 Å². The van der Waals surface area contributed by atoms with Crippen molar-refractivity contribution in [2.24, 2.45) is 0 Å². The fourth-order valence-electron chi connectivity index (χ4n) is 1.25. The molecule has 0 spiro atoms. The van der Waals surface area contributed by atoms with Gasteiger partial charge < -0.3 is 0 Å². The van der Waals surface area contributed by atoms with Gasteiger partial charge in [-0.15, -0.1) is 0 Å². The van der Waals surface area contributed by atoms with Crippen LogP contribution in [0.3, 0.4) is 0 Å². The summed E-state index contributed by atoms with van der Waals surface area (Å²) in [5.41, 5.74) is 1.53. The van der Waals surface area contributed by atoms with Gasteiger partial charge >= 0.3 is 0 Å². The lowest BCUT2D eigenvalue weighted by molar-refractivity contribution is 0.624. The van der Waals surface area contributed by atoms with Gasteiger partial charge in [-0.05, 0) is 30.7 Å². The highest BCUT2D eigenvalue weighted by molar-refractivity contribution is 6.28. The minimum Gasteiger partial charge on any atom is -0.262 e. The number of halogens is 2. The average Bonchev–Trinajstić information content (AvgIpc) is 2.16. The van der Waals surface area contributed by atoms with Gasteiger partial charge in [0.1, 0.15) is 0 Å². The van der Waals surface area contributed by atoms with Crippen LogP contribution in [-0.4, -0.2) is 15.0 Å². The van der Waals surface area contributed by atoms with E-state index in [1.807, 2.05) is 0 Å². The van der Waals surface area contributed by atoms with Crippen LogP contribution in [0.2, 0.25) is 5.28 Å². The van der Waals surface area contributed by atoms with Crippen LogP contribution >= 0.6 is 11.6 Å². The molecule has 0 saturated heterocycles. The summed E-state index contributed by atoms with van der Waals surface area (Å²) < 4.78 is 13.4. The lowest BCUT2D eigenvalue weighted by atomic mass is 10.1. The largest absolute Gasteiger partial charge is 0.262 e. The molecule has 0 radical (unpaired) electrons.